The summed E-state index contributed by atoms with van der Waals surface area (Å²) in [5.41, 5.74) is 2.08. The van der Waals surface area contributed by atoms with Gasteiger partial charge in [-0.05, 0) is 48.0 Å². The predicted octanol–water partition coefficient (Wildman–Crippen LogP) is 5.16. The second-order valence-electron chi connectivity index (χ2n) is 4.46. The van der Waals surface area contributed by atoms with Gasteiger partial charge >= 0.3 is 0 Å². The maximum Gasteiger partial charge on any atom is 0.133 e. The molecule has 1 heterocycles. The predicted molar refractivity (Wildman–Crippen MR) is 86.2 cm³/mol. The van der Waals surface area contributed by atoms with Crippen LogP contribution in [0.4, 0.5) is 0 Å². The third kappa shape index (κ3) is 2.88. The normalized spacial score (nSPS) is 12.3. The number of rotatable bonds is 4. The minimum absolute atomic E-state index is 0.0168. The van der Waals surface area contributed by atoms with E-state index in [1.807, 2.05) is 32.0 Å². The summed E-state index contributed by atoms with van der Waals surface area (Å²) in [5.74, 6) is 3.35. The van der Waals surface area contributed by atoms with Crippen molar-refractivity contribution in [1.82, 2.24) is 0 Å². The van der Waals surface area contributed by atoms with Crippen LogP contribution in [-0.4, -0.2) is 14.2 Å². The van der Waals surface area contributed by atoms with Gasteiger partial charge in [-0.25, -0.2) is 0 Å². The molecule has 0 fully saturated rings. The Morgan fingerprint density at radius 2 is 1.65 bits per heavy atom. The first-order valence-corrected chi connectivity index (χ1v) is 7.81. The second-order valence-corrected chi connectivity index (χ2v) is 6.23. The molecule has 0 radical (unpaired) electrons. The lowest BCUT2D eigenvalue weighted by Gasteiger charge is -2.16. The van der Waals surface area contributed by atoms with Gasteiger partial charge in [0.1, 0.15) is 23.0 Å². The van der Waals surface area contributed by atoms with Gasteiger partial charge in [-0.1, -0.05) is 15.9 Å². The molecule has 108 valence electrons. The maximum atomic E-state index is 5.60. The van der Waals surface area contributed by atoms with Crippen molar-refractivity contribution in [3.05, 3.63) is 45.3 Å². The summed E-state index contributed by atoms with van der Waals surface area (Å²) >= 11 is 7.19. The highest BCUT2D eigenvalue weighted by Gasteiger charge is 2.21. The van der Waals surface area contributed by atoms with Gasteiger partial charge in [0.25, 0.3) is 0 Å². The van der Waals surface area contributed by atoms with Crippen LogP contribution in [0.1, 0.15) is 27.5 Å². The quantitative estimate of drug-likeness (QED) is 0.660. The van der Waals surface area contributed by atoms with E-state index in [0.29, 0.717) is 0 Å². The van der Waals surface area contributed by atoms with Gasteiger partial charge in [-0.2, -0.15) is 0 Å². The molecule has 0 N–H and O–H groups in total. The zero-order valence-corrected chi connectivity index (χ0v) is 15.0. The van der Waals surface area contributed by atoms with E-state index in [2.05, 4.69) is 31.9 Å². The van der Waals surface area contributed by atoms with Gasteiger partial charge in [-0.15, -0.1) is 0 Å². The molecule has 1 aromatic heterocycles. The Morgan fingerprint density at radius 3 is 2.15 bits per heavy atom. The average Bonchev–Trinajstić information content (AvgIpc) is 2.76. The summed E-state index contributed by atoms with van der Waals surface area (Å²) in [6, 6.07) is 5.90. The first-order chi connectivity index (χ1) is 9.47. The summed E-state index contributed by atoms with van der Waals surface area (Å²) in [6.07, 6.45) is 0. The Hall–Kier alpha value is -0.940. The smallest absolute Gasteiger partial charge is 0.133 e. The molecule has 0 aliphatic heterocycles. The van der Waals surface area contributed by atoms with Crippen LogP contribution < -0.4 is 9.47 Å². The van der Waals surface area contributed by atoms with Gasteiger partial charge in [0.15, 0.2) is 0 Å². The van der Waals surface area contributed by atoms with Gasteiger partial charge in [-0.3, -0.25) is 0 Å². The van der Waals surface area contributed by atoms with Gasteiger partial charge in [0, 0.05) is 11.1 Å². The van der Waals surface area contributed by atoms with E-state index in [-0.39, 0.29) is 4.83 Å². The van der Waals surface area contributed by atoms with E-state index < -0.39 is 0 Å². The van der Waals surface area contributed by atoms with E-state index in [1.54, 1.807) is 14.2 Å². The molecule has 2 aromatic rings. The van der Waals surface area contributed by atoms with Crippen LogP contribution in [0, 0.1) is 13.8 Å². The molecule has 2 rings (SSSR count). The van der Waals surface area contributed by atoms with Gasteiger partial charge in [0.05, 0.1) is 23.5 Å². The number of halogens is 2. The Balaban J connectivity index is 2.53. The third-order valence-corrected chi connectivity index (χ3v) is 4.74. The van der Waals surface area contributed by atoms with E-state index in [1.165, 1.54) is 0 Å². The van der Waals surface area contributed by atoms with E-state index >= 15 is 0 Å². The van der Waals surface area contributed by atoms with Gasteiger partial charge < -0.3 is 13.9 Å². The van der Waals surface area contributed by atoms with Crippen LogP contribution in [-0.2, 0) is 0 Å². The molecule has 3 nitrogen and oxygen atoms in total. The number of aryl methyl sites for hydroxylation is 2. The average molecular weight is 404 g/mol. The number of hydrogen-bond donors (Lipinski definition) is 0. The van der Waals surface area contributed by atoms with Crippen LogP contribution in [0.5, 0.6) is 11.5 Å². The fourth-order valence-corrected chi connectivity index (χ4v) is 3.45. The standard InChI is InChI=1S/C15H16Br2O3/c1-8-5-10(9(2)20-8)15(17)11-6-14(19-4)12(16)7-13(11)18-3/h5-7,15H,1-4H3. The van der Waals surface area contributed by atoms with Crippen molar-refractivity contribution in [1.29, 1.82) is 0 Å². The molecule has 0 saturated carbocycles. The molecule has 5 heteroatoms. The first-order valence-electron chi connectivity index (χ1n) is 6.10. The van der Waals surface area contributed by atoms with Crippen molar-refractivity contribution in [2.45, 2.75) is 18.7 Å². The summed E-state index contributed by atoms with van der Waals surface area (Å²) < 4.78 is 17.3. The fourth-order valence-electron chi connectivity index (χ4n) is 2.15. The monoisotopic (exact) mass is 402 g/mol. The molecule has 20 heavy (non-hydrogen) atoms. The Morgan fingerprint density at radius 1 is 1.00 bits per heavy atom. The molecular weight excluding hydrogens is 388 g/mol. The molecular formula is C15H16Br2O3. The van der Waals surface area contributed by atoms with Crippen molar-refractivity contribution in [3.63, 3.8) is 0 Å². The fraction of sp³-hybridized carbons (Fsp3) is 0.333. The lowest BCUT2D eigenvalue weighted by molar-refractivity contribution is 0.397. The Bertz CT molecular complexity index is 620. The van der Waals surface area contributed by atoms with Crippen molar-refractivity contribution >= 4 is 31.9 Å². The van der Waals surface area contributed by atoms with Crippen molar-refractivity contribution < 1.29 is 13.9 Å². The van der Waals surface area contributed by atoms with E-state index in [9.17, 15) is 0 Å². The number of alkyl halides is 1. The molecule has 1 atom stereocenters. The summed E-state index contributed by atoms with van der Waals surface area (Å²) in [6.45, 7) is 3.90. The Labute approximate surface area is 135 Å². The summed E-state index contributed by atoms with van der Waals surface area (Å²) in [7, 11) is 3.30. The first kappa shape index (κ1) is 15.4. The third-order valence-electron chi connectivity index (χ3n) is 3.13. The van der Waals surface area contributed by atoms with Crippen molar-refractivity contribution in [3.8, 4) is 11.5 Å². The summed E-state index contributed by atoms with van der Waals surface area (Å²) in [4.78, 5) is -0.0168. The largest absolute Gasteiger partial charge is 0.496 e. The van der Waals surface area contributed by atoms with Crippen LogP contribution in [0.3, 0.4) is 0 Å². The molecule has 0 amide bonds. The number of hydrogen-bond acceptors (Lipinski definition) is 3. The number of benzene rings is 1. The zero-order valence-electron chi connectivity index (χ0n) is 11.8. The molecule has 0 saturated heterocycles. The van der Waals surface area contributed by atoms with E-state index in [0.717, 1.165) is 38.6 Å². The summed E-state index contributed by atoms with van der Waals surface area (Å²) in [5, 5.41) is 0. The molecule has 0 aliphatic carbocycles. The molecule has 0 bridgehead atoms. The molecule has 0 aliphatic rings. The zero-order chi connectivity index (χ0) is 14.9. The molecule has 1 unspecified atom stereocenters. The Kier molecular flexibility index (Phi) is 4.81. The van der Waals surface area contributed by atoms with E-state index in [4.69, 9.17) is 13.9 Å². The minimum atomic E-state index is -0.0168. The number of furan rings is 1. The number of methoxy groups -OCH3 is 2. The molecule has 1 aromatic carbocycles. The lowest BCUT2D eigenvalue weighted by atomic mass is 10.0. The van der Waals surface area contributed by atoms with Crippen LogP contribution in [0.2, 0.25) is 0 Å². The second kappa shape index (κ2) is 6.22. The SMILES string of the molecule is COc1cc(C(Br)c2cc(C)oc2C)c(OC)cc1Br. The highest BCUT2D eigenvalue weighted by atomic mass is 79.9. The van der Waals surface area contributed by atoms with Crippen molar-refractivity contribution in [2.24, 2.45) is 0 Å². The van der Waals surface area contributed by atoms with Crippen LogP contribution in [0.15, 0.2) is 27.1 Å². The molecule has 0 spiro atoms. The highest BCUT2D eigenvalue weighted by Crippen LogP contribution is 2.43. The topological polar surface area (TPSA) is 31.6 Å². The highest BCUT2D eigenvalue weighted by molar-refractivity contribution is 9.10. The van der Waals surface area contributed by atoms with Gasteiger partial charge in [0.2, 0.25) is 0 Å². The maximum absolute atomic E-state index is 5.60. The van der Waals surface area contributed by atoms with Crippen LogP contribution >= 0.6 is 31.9 Å². The van der Waals surface area contributed by atoms with Crippen LogP contribution in [0.25, 0.3) is 0 Å². The van der Waals surface area contributed by atoms with Crippen molar-refractivity contribution in [2.75, 3.05) is 14.2 Å². The minimum Gasteiger partial charge on any atom is -0.496 e. The lowest BCUT2D eigenvalue weighted by Crippen LogP contribution is -1.99. The number of ether oxygens (including phenoxy) is 2.